The van der Waals surface area contributed by atoms with Gasteiger partial charge in [-0.15, -0.1) is 0 Å². The number of nitrogens with zero attached hydrogens (tertiary/aromatic N) is 2. The molecular formula is C17H18Cl2N6O2. The minimum absolute atomic E-state index is 0.199. The van der Waals surface area contributed by atoms with Crippen LogP contribution in [0.25, 0.3) is 0 Å². The first kappa shape index (κ1) is 19.2. The SMILES string of the molecule is O=C(NCC(NC(=O)Nc1cccnc1Cl)C1CC1)Nc1cccnc1Cl. The number of nitrogens with one attached hydrogen (secondary N) is 4. The first-order chi connectivity index (χ1) is 13.0. The largest absolute Gasteiger partial charge is 0.336 e. The van der Waals surface area contributed by atoms with Crippen LogP contribution in [0.1, 0.15) is 12.8 Å². The third-order valence-electron chi connectivity index (χ3n) is 4.00. The van der Waals surface area contributed by atoms with Gasteiger partial charge >= 0.3 is 12.1 Å². The molecule has 3 rings (SSSR count). The molecule has 0 aromatic carbocycles. The lowest BCUT2D eigenvalue weighted by atomic mass is 10.2. The normalized spacial score (nSPS) is 14.1. The van der Waals surface area contributed by atoms with Crippen molar-refractivity contribution in [1.82, 2.24) is 20.6 Å². The Kier molecular flexibility index (Phi) is 6.31. The molecule has 0 saturated heterocycles. The molecule has 2 heterocycles. The first-order valence-corrected chi connectivity index (χ1v) is 9.12. The standard InChI is InChI=1S/C17H18Cl2N6O2/c18-14-11(3-1-7-20-14)23-16(26)22-9-13(10-5-6-10)25-17(27)24-12-4-2-8-21-15(12)19/h1-4,7-8,10,13H,5-6,9H2,(H2,22,23,26)(H2,24,25,27). The number of amides is 4. The fourth-order valence-electron chi connectivity index (χ4n) is 2.49. The van der Waals surface area contributed by atoms with Crippen LogP contribution < -0.4 is 21.3 Å². The molecule has 0 spiro atoms. The Hall–Kier alpha value is -2.58. The van der Waals surface area contributed by atoms with Crippen molar-refractivity contribution in [2.45, 2.75) is 18.9 Å². The van der Waals surface area contributed by atoms with E-state index in [0.29, 0.717) is 17.3 Å². The Bertz CT molecular complexity index is 831. The van der Waals surface area contributed by atoms with E-state index in [1.807, 2.05) is 0 Å². The highest BCUT2D eigenvalue weighted by Crippen LogP contribution is 2.32. The van der Waals surface area contributed by atoms with Gasteiger partial charge in [0.15, 0.2) is 10.3 Å². The van der Waals surface area contributed by atoms with E-state index in [1.54, 1.807) is 24.3 Å². The highest BCUT2D eigenvalue weighted by atomic mass is 35.5. The van der Waals surface area contributed by atoms with Gasteiger partial charge in [0.1, 0.15) is 0 Å². The average Bonchev–Trinajstić information content (AvgIpc) is 3.48. The Morgan fingerprint density at radius 3 is 2.07 bits per heavy atom. The molecule has 0 bridgehead atoms. The topological polar surface area (TPSA) is 108 Å². The zero-order chi connectivity index (χ0) is 19.2. The summed E-state index contributed by atoms with van der Waals surface area (Å²) in [6, 6.07) is 5.63. The minimum Gasteiger partial charge on any atom is -0.336 e. The van der Waals surface area contributed by atoms with Crippen molar-refractivity contribution in [2.75, 3.05) is 17.2 Å². The Balaban J connectivity index is 1.50. The predicted molar refractivity (Wildman–Crippen MR) is 104 cm³/mol. The van der Waals surface area contributed by atoms with Gasteiger partial charge in [0.25, 0.3) is 0 Å². The van der Waals surface area contributed by atoms with E-state index >= 15 is 0 Å². The third kappa shape index (κ3) is 5.70. The molecule has 2 aromatic rings. The first-order valence-electron chi connectivity index (χ1n) is 8.36. The second-order valence-corrected chi connectivity index (χ2v) is 6.78. The van der Waals surface area contributed by atoms with Crippen LogP contribution >= 0.6 is 23.2 Å². The summed E-state index contributed by atoms with van der Waals surface area (Å²) in [4.78, 5) is 32.1. The van der Waals surface area contributed by atoms with E-state index in [1.165, 1.54) is 12.4 Å². The summed E-state index contributed by atoms with van der Waals surface area (Å²) < 4.78 is 0. The summed E-state index contributed by atoms with van der Waals surface area (Å²) in [6.07, 6.45) is 5.06. The highest BCUT2D eigenvalue weighted by Gasteiger charge is 2.32. The maximum Gasteiger partial charge on any atom is 0.319 e. The van der Waals surface area contributed by atoms with Crippen LogP contribution in [0.4, 0.5) is 21.0 Å². The van der Waals surface area contributed by atoms with Gasteiger partial charge in [0.2, 0.25) is 0 Å². The molecule has 1 aliphatic rings. The number of urea groups is 2. The van der Waals surface area contributed by atoms with Crippen molar-refractivity contribution in [3.8, 4) is 0 Å². The van der Waals surface area contributed by atoms with E-state index in [-0.39, 0.29) is 22.9 Å². The Labute approximate surface area is 166 Å². The van der Waals surface area contributed by atoms with Gasteiger partial charge in [0, 0.05) is 18.9 Å². The number of carbonyl (C=O) groups excluding carboxylic acids is 2. The second kappa shape index (κ2) is 8.88. The smallest absolute Gasteiger partial charge is 0.319 e. The highest BCUT2D eigenvalue weighted by molar-refractivity contribution is 6.32. The summed E-state index contributed by atoms with van der Waals surface area (Å²) in [5.74, 6) is 0.322. The molecular weight excluding hydrogens is 391 g/mol. The zero-order valence-electron chi connectivity index (χ0n) is 14.2. The maximum atomic E-state index is 12.2. The van der Waals surface area contributed by atoms with Crippen molar-refractivity contribution >= 4 is 46.6 Å². The van der Waals surface area contributed by atoms with Crippen molar-refractivity contribution in [3.05, 3.63) is 47.0 Å². The third-order valence-corrected chi connectivity index (χ3v) is 4.61. The lowest BCUT2D eigenvalue weighted by Gasteiger charge is -2.19. The molecule has 10 heteroatoms. The number of pyridine rings is 2. The molecule has 1 aliphatic carbocycles. The van der Waals surface area contributed by atoms with Crippen molar-refractivity contribution in [2.24, 2.45) is 5.92 Å². The van der Waals surface area contributed by atoms with Crippen LogP contribution in [0, 0.1) is 5.92 Å². The van der Waals surface area contributed by atoms with E-state index in [2.05, 4.69) is 31.2 Å². The summed E-state index contributed by atoms with van der Waals surface area (Å²) >= 11 is 11.9. The Morgan fingerprint density at radius 1 is 1.00 bits per heavy atom. The molecule has 2 aromatic heterocycles. The van der Waals surface area contributed by atoms with Gasteiger partial charge in [-0.2, -0.15) is 0 Å². The number of aromatic nitrogens is 2. The van der Waals surface area contributed by atoms with Crippen LogP contribution in [0.15, 0.2) is 36.7 Å². The molecule has 1 fully saturated rings. The Morgan fingerprint density at radius 2 is 1.56 bits per heavy atom. The van der Waals surface area contributed by atoms with Crippen molar-refractivity contribution in [1.29, 1.82) is 0 Å². The van der Waals surface area contributed by atoms with E-state index in [0.717, 1.165) is 12.8 Å². The van der Waals surface area contributed by atoms with Gasteiger partial charge in [-0.25, -0.2) is 19.6 Å². The molecule has 1 unspecified atom stereocenters. The van der Waals surface area contributed by atoms with Gasteiger partial charge in [-0.05, 0) is 43.0 Å². The monoisotopic (exact) mass is 408 g/mol. The van der Waals surface area contributed by atoms with Crippen LogP contribution in [0.3, 0.4) is 0 Å². The van der Waals surface area contributed by atoms with Crippen LogP contribution in [-0.4, -0.2) is 34.6 Å². The van der Waals surface area contributed by atoms with Crippen LogP contribution in [0.2, 0.25) is 10.3 Å². The minimum atomic E-state index is -0.423. The number of halogens is 2. The molecule has 8 nitrogen and oxygen atoms in total. The molecule has 0 aliphatic heterocycles. The van der Waals surface area contributed by atoms with Gasteiger partial charge in [-0.3, -0.25) is 0 Å². The second-order valence-electron chi connectivity index (χ2n) is 6.06. The zero-order valence-corrected chi connectivity index (χ0v) is 15.7. The fourth-order valence-corrected chi connectivity index (χ4v) is 2.82. The van der Waals surface area contributed by atoms with Crippen molar-refractivity contribution < 1.29 is 9.59 Å². The summed E-state index contributed by atoms with van der Waals surface area (Å²) in [5, 5.41) is 11.3. The summed E-state index contributed by atoms with van der Waals surface area (Å²) in [5.41, 5.74) is 0.833. The summed E-state index contributed by atoms with van der Waals surface area (Å²) in [7, 11) is 0. The number of rotatable bonds is 6. The number of anilines is 2. The fraction of sp³-hybridized carbons (Fsp3) is 0.294. The van der Waals surface area contributed by atoms with E-state index in [4.69, 9.17) is 23.2 Å². The molecule has 4 N–H and O–H groups in total. The quantitative estimate of drug-likeness (QED) is 0.548. The predicted octanol–water partition coefficient (Wildman–Crippen LogP) is 3.51. The van der Waals surface area contributed by atoms with E-state index < -0.39 is 12.1 Å². The lowest BCUT2D eigenvalue weighted by Crippen LogP contribution is -2.47. The van der Waals surface area contributed by atoms with Crippen LogP contribution in [-0.2, 0) is 0 Å². The summed E-state index contributed by atoms with van der Waals surface area (Å²) in [6.45, 7) is 0.280. The molecule has 4 amide bonds. The van der Waals surface area contributed by atoms with Gasteiger partial charge < -0.3 is 21.3 Å². The number of hydrogen-bond acceptors (Lipinski definition) is 4. The van der Waals surface area contributed by atoms with Gasteiger partial charge in [0.05, 0.1) is 17.4 Å². The molecule has 0 radical (unpaired) electrons. The molecule has 27 heavy (non-hydrogen) atoms. The van der Waals surface area contributed by atoms with Crippen molar-refractivity contribution in [3.63, 3.8) is 0 Å². The van der Waals surface area contributed by atoms with Gasteiger partial charge in [-0.1, -0.05) is 23.2 Å². The number of carbonyl (C=O) groups is 2. The number of hydrogen-bond donors (Lipinski definition) is 4. The van der Waals surface area contributed by atoms with E-state index in [9.17, 15) is 9.59 Å². The molecule has 142 valence electrons. The molecule has 1 atom stereocenters. The average molecular weight is 409 g/mol. The maximum absolute atomic E-state index is 12.2. The lowest BCUT2D eigenvalue weighted by molar-refractivity contribution is 0.242. The van der Waals surface area contributed by atoms with Crippen LogP contribution in [0.5, 0.6) is 0 Å². The molecule has 1 saturated carbocycles.